The molecule has 0 aliphatic heterocycles. The van der Waals surface area contributed by atoms with Crippen LogP contribution >= 0.6 is 12.2 Å². The quantitative estimate of drug-likeness (QED) is 0.493. The Bertz CT molecular complexity index is 761. The molecule has 1 aliphatic carbocycles. The summed E-state index contributed by atoms with van der Waals surface area (Å²) in [6, 6.07) is 7.69. The van der Waals surface area contributed by atoms with E-state index in [1.807, 2.05) is 25.1 Å². The van der Waals surface area contributed by atoms with Gasteiger partial charge in [0, 0.05) is 29.2 Å². The van der Waals surface area contributed by atoms with Crippen molar-refractivity contribution in [1.29, 1.82) is 0 Å². The standard InChI is InChI=1S/C18H22N2O2S/c1-12-10-17(21)22-16-11-14(8-9-15(12)16)20-18(23)19-13-6-4-2-3-5-7-13/h8-11,13H,2-7H2,1H3,(H2,19,20,23). The van der Waals surface area contributed by atoms with Gasteiger partial charge in [-0.2, -0.15) is 0 Å². The maximum atomic E-state index is 11.5. The minimum atomic E-state index is -0.327. The zero-order chi connectivity index (χ0) is 16.2. The summed E-state index contributed by atoms with van der Waals surface area (Å²) in [4.78, 5) is 11.5. The topological polar surface area (TPSA) is 54.3 Å². The van der Waals surface area contributed by atoms with E-state index in [4.69, 9.17) is 16.6 Å². The Morgan fingerprint density at radius 3 is 2.65 bits per heavy atom. The normalized spacial score (nSPS) is 16.0. The first kappa shape index (κ1) is 16.0. The largest absolute Gasteiger partial charge is 0.423 e. The highest BCUT2D eigenvalue weighted by atomic mass is 32.1. The average Bonchev–Trinajstić information content (AvgIpc) is 2.75. The predicted octanol–water partition coefficient (Wildman–Crippen LogP) is 4.11. The van der Waals surface area contributed by atoms with Crippen LogP contribution in [-0.2, 0) is 0 Å². The Morgan fingerprint density at radius 2 is 1.91 bits per heavy atom. The van der Waals surface area contributed by atoms with Crippen molar-refractivity contribution in [1.82, 2.24) is 5.32 Å². The van der Waals surface area contributed by atoms with Crippen LogP contribution in [-0.4, -0.2) is 11.2 Å². The van der Waals surface area contributed by atoms with Crippen LogP contribution in [0.25, 0.3) is 11.0 Å². The van der Waals surface area contributed by atoms with Crippen LogP contribution in [0.5, 0.6) is 0 Å². The summed E-state index contributed by atoms with van der Waals surface area (Å²) in [5.41, 5.74) is 2.00. The zero-order valence-electron chi connectivity index (χ0n) is 13.4. The second-order valence-corrected chi connectivity index (χ2v) is 6.65. The Labute approximate surface area is 141 Å². The van der Waals surface area contributed by atoms with Crippen molar-refractivity contribution < 1.29 is 4.42 Å². The molecule has 1 saturated carbocycles. The van der Waals surface area contributed by atoms with Gasteiger partial charge in [0.25, 0.3) is 0 Å². The molecule has 122 valence electrons. The molecule has 0 saturated heterocycles. The fourth-order valence-corrected chi connectivity index (χ4v) is 3.46. The van der Waals surface area contributed by atoms with Crippen LogP contribution in [0.1, 0.15) is 44.1 Å². The van der Waals surface area contributed by atoms with Crippen molar-refractivity contribution in [3.63, 3.8) is 0 Å². The molecule has 0 bridgehead atoms. The molecule has 1 aromatic heterocycles. The third-order valence-corrected chi connectivity index (χ3v) is 4.62. The number of hydrogen-bond donors (Lipinski definition) is 2. The van der Waals surface area contributed by atoms with Crippen molar-refractivity contribution in [3.8, 4) is 0 Å². The maximum Gasteiger partial charge on any atom is 0.336 e. The predicted molar refractivity (Wildman–Crippen MR) is 98.1 cm³/mol. The number of rotatable bonds is 2. The molecule has 2 N–H and O–H groups in total. The molecule has 1 aromatic carbocycles. The SMILES string of the molecule is Cc1cc(=O)oc2cc(NC(=S)NC3CCCCCC3)ccc12. The fraction of sp³-hybridized carbons (Fsp3) is 0.444. The van der Waals surface area contributed by atoms with Crippen molar-refractivity contribution in [2.45, 2.75) is 51.5 Å². The summed E-state index contributed by atoms with van der Waals surface area (Å²) in [5.74, 6) is 0. The van der Waals surface area contributed by atoms with E-state index in [-0.39, 0.29) is 5.63 Å². The van der Waals surface area contributed by atoms with Crippen LogP contribution in [0.15, 0.2) is 33.5 Å². The van der Waals surface area contributed by atoms with E-state index in [9.17, 15) is 4.79 Å². The van der Waals surface area contributed by atoms with Crippen LogP contribution in [0, 0.1) is 6.92 Å². The van der Waals surface area contributed by atoms with Crippen LogP contribution in [0.2, 0.25) is 0 Å². The molecule has 0 atom stereocenters. The lowest BCUT2D eigenvalue weighted by Gasteiger charge is -2.19. The van der Waals surface area contributed by atoms with E-state index in [2.05, 4.69) is 10.6 Å². The minimum Gasteiger partial charge on any atom is -0.423 e. The number of benzene rings is 1. The summed E-state index contributed by atoms with van der Waals surface area (Å²) < 4.78 is 5.27. The molecule has 1 heterocycles. The third kappa shape index (κ3) is 4.10. The molecule has 1 fully saturated rings. The van der Waals surface area contributed by atoms with Gasteiger partial charge in [0.05, 0.1) is 0 Å². The van der Waals surface area contributed by atoms with Gasteiger partial charge in [-0.15, -0.1) is 0 Å². The third-order valence-electron chi connectivity index (χ3n) is 4.40. The van der Waals surface area contributed by atoms with E-state index < -0.39 is 0 Å². The van der Waals surface area contributed by atoms with Gasteiger partial charge in [0.15, 0.2) is 5.11 Å². The molecule has 0 radical (unpaired) electrons. The number of nitrogens with one attached hydrogen (secondary N) is 2. The number of hydrogen-bond acceptors (Lipinski definition) is 3. The highest BCUT2D eigenvalue weighted by Crippen LogP contribution is 2.21. The molecule has 4 nitrogen and oxygen atoms in total. The lowest BCUT2D eigenvalue weighted by atomic mass is 10.1. The minimum absolute atomic E-state index is 0.327. The Hall–Kier alpha value is -1.88. The molecule has 0 unspecified atom stereocenters. The van der Waals surface area contributed by atoms with Crippen molar-refractivity contribution in [2.24, 2.45) is 0 Å². The second-order valence-electron chi connectivity index (χ2n) is 6.25. The monoisotopic (exact) mass is 330 g/mol. The fourth-order valence-electron chi connectivity index (χ4n) is 3.18. The summed E-state index contributed by atoms with van der Waals surface area (Å²) >= 11 is 5.42. The van der Waals surface area contributed by atoms with Crippen LogP contribution in [0.3, 0.4) is 0 Å². The molecule has 3 rings (SSSR count). The summed E-state index contributed by atoms with van der Waals surface area (Å²) in [6.45, 7) is 1.91. The molecule has 23 heavy (non-hydrogen) atoms. The molecule has 0 amide bonds. The van der Waals surface area contributed by atoms with Crippen LogP contribution < -0.4 is 16.3 Å². The Kier molecular flexibility index (Phi) is 4.96. The van der Waals surface area contributed by atoms with E-state index in [1.165, 1.54) is 44.6 Å². The highest BCUT2D eigenvalue weighted by Gasteiger charge is 2.13. The maximum absolute atomic E-state index is 11.5. The lowest BCUT2D eigenvalue weighted by molar-refractivity contribution is 0.535. The Morgan fingerprint density at radius 1 is 1.17 bits per heavy atom. The summed E-state index contributed by atoms with van der Waals surface area (Å²) in [6.07, 6.45) is 7.52. The van der Waals surface area contributed by atoms with E-state index >= 15 is 0 Å². The molecular formula is C18H22N2O2S. The van der Waals surface area contributed by atoms with Gasteiger partial charge in [-0.05, 0) is 49.7 Å². The number of thiocarbonyl (C=S) groups is 1. The second kappa shape index (κ2) is 7.13. The van der Waals surface area contributed by atoms with Gasteiger partial charge in [-0.3, -0.25) is 0 Å². The number of fused-ring (bicyclic) bond motifs is 1. The van der Waals surface area contributed by atoms with Gasteiger partial charge in [-0.1, -0.05) is 25.7 Å². The van der Waals surface area contributed by atoms with Crippen molar-refractivity contribution >= 4 is 34.0 Å². The number of anilines is 1. The Balaban J connectivity index is 1.70. The molecule has 2 aromatic rings. The molecular weight excluding hydrogens is 308 g/mol. The summed E-state index contributed by atoms with van der Waals surface area (Å²) in [5, 5.41) is 8.18. The van der Waals surface area contributed by atoms with Gasteiger partial charge in [0.2, 0.25) is 0 Å². The van der Waals surface area contributed by atoms with Gasteiger partial charge < -0.3 is 15.1 Å². The van der Waals surface area contributed by atoms with E-state index in [0.29, 0.717) is 16.7 Å². The zero-order valence-corrected chi connectivity index (χ0v) is 14.2. The van der Waals surface area contributed by atoms with E-state index in [1.54, 1.807) is 0 Å². The van der Waals surface area contributed by atoms with Crippen LogP contribution in [0.4, 0.5) is 5.69 Å². The number of aryl methyl sites for hydroxylation is 1. The highest BCUT2D eigenvalue weighted by molar-refractivity contribution is 7.80. The lowest BCUT2D eigenvalue weighted by Crippen LogP contribution is -2.37. The van der Waals surface area contributed by atoms with E-state index in [0.717, 1.165) is 16.6 Å². The van der Waals surface area contributed by atoms with Crippen molar-refractivity contribution in [3.05, 3.63) is 40.2 Å². The average molecular weight is 330 g/mol. The smallest absolute Gasteiger partial charge is 0.336 e. The van der Waals surface area contributed by atoms with Gasteiger partial charge >= 0.3 is 5.63 Å². The molecule has 1 aliphatic rings. The molecule has 5 heteroatoms. The first-order chi connectivity index (χ1) is 11.1. The first-order valence-electron chi connectivity index (χ1n) is 8.24. The summed E-state index contributed by atoms with van der Waals surface area (Å²) in [7, 11) is 0. The molecule has 0 spiro atoms. The van der Waals surface area contributed by atoms with Crippen molar-refractivity contribution in [2.75, 3.05) is 5.32 Å². The van der Waals surface area contributed by atoms with Gasteiger partial charge in [-0.25, -0.2) is 4.79 Å². The first-order valence-corrected chi connectivity index (χ1v) is 8.65. The van der Waals surface area contributed by atoms with Gasteiger partial charge in [0.1, 0.15) is 5.58 Å².